The number of hydrogen-bond donors (Lipinski definition) is 0. The minimum atomic E-state index is -0.334. The average Bonchev–Trinajstić information content (AvgIpc) is 2.77. The van der Waals surface area contributed by atoms with Gasteiger partial charge in [-0.15, -0.1) is 0 Å². The Kier molecular flexibility index (Phi) is 7.49. The second-order valence-electron chi connectivity index (χ2n) is 9.14. The maximum atomic E-state index is 13.7. The molecule has 5 nitrogen and oxygen atoms in total. The molecule has 3 rings (SSSR count). The number of fused-ring (bicyclic) bond motifs is 1. The Labute approximate surface area is 191 Å². The van der Waals surface area contributed by atoms with Crippen molar-refractivity contribution >= 4 is 16.8 Å². The van der Waals surface area contributed by atoms with E-state index in [1.54, 1.807) is 4.57 Å². The Morgan fingerprint density at radius 3 is 2.50 bits per heavy atom. The molecule has 2 aromatic carbocycles. The standard InChI is InChI=1S/C27H35N3O2/c1-7-8-13-25(31)29(17-18(2)3)21(6)26-28-23-12-10-9-11-22(23)27(32)30(26)24-16-19(4)14-15-20(24)5/h9-12,14-16,18,21H,7-8,13,17H2,1-6H3. The summed E-state index contributed by atoms with van der Waals surface area (Å²) < 4.78 is 1.72. The van der Waals surface area contributed by atoms with Crippen molar-refractivity contribution < 1.29 is 4.79 Å². The summed E-state index contributed by atoms with van der Waals surface area (Å²) in [5.74, 6) is 1.03. The molecule has 0 aliphatic heterocycles. The van der Waals surface area contributed by atoms with Gasteiger partial charge in [0, 0.05) is 13.0 Å². The molecule has 1 heterocycles. The molecule has 0 fully saturated rings. The normalized spacial score (nSPS) is 12.3. The zero-order valence-electron chi connectivity index (χ0n) is 20.2. The predicted molar refractivity (Wildman–Crippen MR) is 131 cm³/mol. The van der Waals surface area contributed by atoms with Gasteiger partial charge in [0.25, 0.3) is 5.56 Å². The summed E-state index contributed by atoms with van der Waals surface area (Å²) in [7, 11) is 0. The monoisotopic (exact) mass is 433 g/mol. The van der Waals surface area contributed by atoms with E-state index in [4.69, 9.17) is 4.98 Å². The lowest BCUT2D eigenvalue weighted by molar-refractivity contribution is -0.134. The zero-order chi connectivity index (χ0) is 23.4. The van der Waals surface area contributed by atoms with Crippen LogP contribution in [0.4, 0.5) is 0 Å². The average molecular weight is 434 g/mol. The summed E-state index contributed by atoms with van der Waals surface area (Å²) >= 11 is 0. The van der Waals surface area contributed by atoms with Gasteiger partial charge in [0.05, 0.1) is 22.6 Å². The van der Waals surface area contributed by atoms with Crippen LogP contribution >= 0.6 is 0 Å². The predicted octanol–water partition coefficient (Wildman–Crippen LogP) is 5.74. The highest BCUT2D eigenvalue weighted by Gasteiger charge is 2.27. The lowest BCUT2D eigenvalue weighted by atomic mass is 10.1. The molecule has 3 aromatic rings. The smallest absolute Gasteiger partial charge is 0.266 e. The van der Waals surface area contributed by atoms with E-state index in [2.05, 4.69) is 20.8 Å². The summed E-state index contributed by atoms with van der Waals surface area (Å²) in [5.41, 5.74) is 3.45. The number of rotatable bonds is 8. The maximum Gasteiger partial charge on any atom is 0.266 e. The first-order chi connectivity index (χ1) is 15.2. The van der Waals surface area contributed by atoms with Gasteiger partial charge in [-0.2, -0.15) is 0 Å². The number of aryl methyl sites for hydroxylation is 2. The van der Waals surface area contributed by atoms with Gasteiger partial charge in [-0.3, -0.25) is 14.2 Å². The van der Waals surface area contributed by atoms with E-state index in [9.17, 15) is 9.59 Å². The number of benzene rings is 2. The minimum Gasteiger partial charge on any atom is -0.333 e. The lowest BCUT2D eigenvalue weighted by Crippen LogP contribution is -2.39. The van der Waals surface area contributed by atoms with Gasteiger partial charge in [0.1, 0.15) is 5.82 Å². The van der Waals surface area contributed by atoms with Crippen molar-refractivity contribution in [2.24, 2.45) is 5.92 Å². The van der Waals surface area contributed by atoms with E-state index in [-0.39, 0.29) is 17.5 Å². The Balaban J connectivity index is 2.26. The first kappa shape index (κ1) is 23.7. The van der Waals surface area contributed by atoms with Crippen LogP contribution in [0, 0.1) is 19.8 Å². The fourth-order valence-electron chi connectivity index (χ4n) is 4.10. The van der Waals surface area contributed by atoms with Crippen LogP contribution in [0.2, 0.25) is 0 Å². The Morgan fingerprint density at radius 2 is 1.81 bits per heavy atom. The van der Waals surface area contributed by atoms with Crippen LogP contribution in [0.1, 0.15) is 70.0 Å². The second kappa shape index (κ2) is 10.1. The number of amides is 1. The topological polar surface area (TPSA) is 55.2 Å². The van der Waals surface area contributed by atoms with Gasteiger partial charge in [0.2, 0.25) is 5.91 Å². The van der Waals surface area contributed by atoms with Crippen molar-refractivity contribution in [1.82, 2.24) is 14.5 Å². The molecule has 0 spiro atoms. The molecule has 0 aliphatic rings. The van der Waals surface area contributed by atoms with Crippen molar-refractivity contribution in [3.63, 3.8) is 0 Å². The Morgan fingerprint density at radius 1 is 1.09 bits per heavy atom. The third-order valence-corrected chi connectivity index (χ3v) is 5.87. The van der Waals surface area contributed by atoms with Crippen molar-refractivity contribution in [3.8, 4) is 5.69 Å². The van der Waals surface area contributed by atoms with Crippen LogP contribution in [0.15, 0.2) is 47.3 Å². The van der Waals surface area contributed by atoms with Gasteiger partial charge in [0.15, 0.2) is 0 Å². The van der Waals surface area contributed by atoms with Crippen LogP contribution in [0.25, 0.3) is 16.6 Å². The first-order valence-electron chi connectivity index (χ1n) is 11.6. The second-order valence-corrected chi connectivity index (χ2v) is 9.14. The number of nitrogens with zero attached hydrogens (tertiary/aromatic N) is 3. The number of carbonyl (C=O) groups is 1. The van der Waals surface area contributed by atoms with Crippen LogP contribution in [-0.2, 0) is 4.79 Å². The SMILES string of the molecule is CCCCC(=O)N(CC(C)C)C(C)c1nc2ccccc2c(=O)n1-c1cc(C)ccc1C. The van der Waals surface area contributed by atoms with Crippen molar-refractivity contribution in [2.45, 2.75) is 66.8 Å². The van der Waals surface area contributed by atoms with Crippen molar-refractivity contribution in [2.75, 3.05) is 6.54 Å². The third kappa shape index (κ3) is 4.93. The number of unbranched alkanes of at least 4 members (excludes halogenated alkanes) is 1. The molecule has 0 N–H and O–H groups in total. The Bertz CT molecular complexity index is 1160. The summed E-state index contributed by atoms with van der Waals surface area (Å²) in [6.45, 7) is 12.9. The maximum absolute atomic E-state index is 13.7. The van der Waals surface area contributed by atoms with Crippen LogP contribution in [0.3, 0.4) is 0 Å². The number of aromatic nitrogens is 2. The van der Waals surface area contributed by atoms with E-state index in [0.717, 1.165) is 29.7 Å². The number of para-hydroxylation sites is 1. The van der Waals surface area contributed by atoms with Crippen LogP contribution < -0.4 is 5.56 Å². The van der Waals surface area contributed by atoms with Gasteiger partial charge in [-0.1, -0.05) is 51.5 Å². The molecule has 170 valence electrons. The van der Waals surface area contributed by atoms with E-state index < -0.39 is 0 Å². The zero-order valence-corrected chi connectivity index (χ0v) is 20.2. The molecule has 32 heavy (non-hydrogen) atoms. The summed E-state index contributed by atoms with van der Waals surface area (Å²) in [6.07, 6.45) is 2.33. The molecule has 1 unspecified atom stereocenters. The molecule has 1 atom stereocenters. The highest BCUT2D eigenvalue weighted by molar-refractivity contribution is 5.79. The number of hydrogen-bond acceptors (Lipinski definition) is 3. The molecule has 1 amide bonds. The van der Waals surface area contributed by atoms with Gasteiger partial charge < -0.3 is 4.90 Å². The van der Waals surface area contributed by atoms with E-state index in [1.807, 2.05) is 68.1 Å². The van der Waals surface area contributed by atoms with Gasteiger partial charge in [-0.05, 0) is 62.4 Å². The van der Waals surface area contributed by atoms with E-state index in [0.29, 0.717) is 35.6 Å². The lowest BCUT2D eigenvalue weighted by Gasteiger charge is -2.32. The molecule has 1 aromatic heterocycles. The quantitative estimate of drug-likeness (QED) is 0.455. The third-order valence-electron chi connectivity index (χ3n) is 5.87. The molecule has 0 bridgehead atoms. The van der Waals surface area contributed by atoms with Crippen molar-refractivity contribution in [1.29, 1.82) is 0 Å². The van der Waals surface area contributed by atoms with E-state index in [1.165, 1.54) is 0 Å². The molecule has 5 heteroatoms. The van der Waals surface area contributed by atoms with Gasteiger partial charge in [-0.25, -0.2) is 4.98 Å². The molecule has 0 saturated heterocycles. The fraction of sp³-hybridized carbons (Fsp3) is 0.444. The first-order valence-corrected chi connectivity index (χ1v) is 11.6. The van der Waals surface area contributed by atoms with Crippen LogP contribution in [0.5, 0.6) is 0 Å². The highest BCUT2D eigenvalue weighted by Crippen LogP contribution is 2.26. The summed E-state index contributed by atoms with van der Waals surface area (Å²) in [4.78, 5) is 33.7. The molecule has 0 aliphatic carbocycles. The van der Waals surface area contributed by atoms with Crippen molar-refractivity contribution in [3.05, 3.63) is 69.8 Å². The highest BCUT2D eigenvalue weighted by atomic mass is 16.2. The fourth-order valence-corrected chi connectivity index (χ4v) is 4.10. The summed E-state index contributed by atoms with van der Waals surface area (Å²) in [6, 6.07) is 13.2. The van der Waals surface area contributed by atoms with Crippen LogP contribution in [-0.4, -0.2) is 26.9 Å². The molecular weight excluding hydrogens is 398 g/mol. The van der Waals surface area contributed by atoms with E-state index >= 15 is 0 Å². The molecule has 0 radical (unpaired) electrons. The summed E-state index contributed by atoms with van der Waals surface area (Å²) in [5, 5.41) is 0.581. The Hall–Kier alpha value is -2.95. The molecule has 0 saturated carbocycles. The minimum absolute atomic E-state index is 0.100. The van der Waals surface area contributed by atoms with Gasteiger partial charge >= 0.3 is 0 Å². The number of carbonyl (C=O) groups excluding carboxylic acids is 1. The molecular formula is C27H35N3O2. The largest absolute Gasteiger partial charge is 0.333 e.